The first-order chi connectivity index (χ1) is 14.7. The molecule has 0 fully saturated rings. The summed E-state index contributed by atoms with van der Waals surface area (Å²) in [7, 11) is 0. The maximum atomic E-state index is 2.51. The first-order valence-corrected chi connectivity index (χ1v) is 14.6. The van der Waals surface area contributed by atoms with Crippen molar-refractivity contribution in [3.8, 4) is 0 Å². The minimum absolute atomic E-state index is 0.545. The molecule has 0 radical (unpaired) electrons. The predicted octanol–water partition coefficient (Wildman–Crippen LogP) is 7.10. The van der Waals surface area contributed by atoms with Crippen LogP contribution >= 0.6 is 0 Å². The van der Waals surface area contributed by atoms with Gasteiger partial charge in [0.2, 0.25) is 0 Å². The van der Waals surface area contributed by atoms with Crippen LogP contribution in [-0.2, 0) is 21.3 Å². The Morgan fingerprint density at radius 3 is 2.07 bits per heavy atom. The average Bonchev–Trinajstić information content (AvgIpc) is 3.44. The van der Waals surface area contributed by atoms with Crippen molar-refractivity contribution in [1.82, 2.24) is 0 Å². The van der Waals surface area contributed by atoms with Crippen molar-refractivity contribution in [1.29, 1.82) is 0 Å². The molecule has 1 unspecified atom stereocenters. The van der Waals surface area contributed by atoms with E-state index in [2.05, 4.69) is 117 Å². The molecule has 2 aliphatic carbocycles. The van der Waals surface area contributed by atoms with E-state index in [1.807, 2.05) is 0 Å². The summed E-state index contributed by atoms with van der Waals surface area (Å²) in [5, 5.41) is 0. The number of aryl methyl sites for hydroxylation is 2. The number of rotatable bonds is 4. The standard InChI is InChI=1S/C15H14.C9H7.C5H5.Zr/c1-12-7-3-5-9-14(12)11-15-10-6-4-8-13(15)2;1-2-5-9-7-3-6-8(9)4-1;1-2-4-5-3-1;/h3-10H,1-2H3;1-7H;1-3H,4H2;. The summed E-state index contributed by atoms with van der Waals surface area (Å²) in [5.41, 5.74) is 8.60. The Bertz CT molecular complexity index is 1190. The van der Waals surface area contributed by atoms with E-state index < -0.39 is 21.3 Å². The van der Waals surface area contributed by atoms with E-state index in [4.69, 9.17) is 0 Å². The fourth-order valence-electron chi connectivity index (χ4n) is 4.81. The van der Waals surface area contributed by atoms with Crippen LogP contribution in [0.5, 0.6) is 0 Å². The van der Waals surface area contributed by atoms with Crippen LogP contribution in [0.2, 0.25) is 0 Å². The van der Waals surface area contributed by atoms with Crippen LogP contribution in [0.15, 0.2) is 100 Å². The zero-order chi connectivity index (χ0) is 20.5. The average molecular weight is 466 g/mol. The van der Waals surface area contributed by atoms with Gasteiger partial charge in [-0.15, -0.1) is 0 Å². The summed E-state index contributed by atoms with van der Waals surface area (Å²) >= 11 is -2.35. The molecule has 5 rings (SSSR count). The molecule has 0 saturated heterocycles. The molecule has 0 N–H and O–H groups in total. The van der Waals surface area contributed by atoms with Crippen molar-refractivity contribution in [3.05, 3.63) is 134 Å². The number of fused-ring (bicyclic) bond motifs is 1. The van der Waals surface area contributed by atoms with Crippen LogP contribution in [0, 0.1) is 13.8 Å². The van der Waals surface area contributed by atoms with Crippen molar-refractivity contribution >= 4 is 9.28 Å². The van der Waals surface area contributed by atoms with E-state index in [0.29, 0.717) is 3.63 Å². The van der Waals surface area contributed by atoms with Crippen LogP contribution in [-0.4, -0.2) is 3.21 Å². The predicted molar refractivity (Wildman–Crippen MR) is 126 cm³/mol. The normalized spacial score (nSPS) is 16.5. The molecule has 0 heterocycles. The van der Waals surface area contributed by atoms with Crippen molar-refractivity contribution < 1.29 is 21.3 Å². The minimum atomic E-state index is -2.35. The van der Waals surface area contributed by atoms with Gasteiger partial charge in [0.1, 0.15) is 0 Å². The van der Waals surface area contributed by atoms with Crippen molar-refractivity contribution in [2.24, 2.45) is 0 Å². The third-order valence-electron chi connectivity index (χ3n) is 6.33. The molecule has 0 bridgehead atoms. The monoisotopic (exact) mass is 464 g/mol. The van der Waals surface area contributed by atoms with Gasteiger partial charge in [-0.1, -0.05) is 0 Å². The first kappa shape index (κ1) is 19.6. The topological polar surface area (TPSA) is 0 Å². The maximum absolute atomic E-state index is 2.51. The van der Waals surface area contributed by atoms with Gasteiger partial charge in [-0.2, -0.15) is 0 Å². The number of hydrogen-bond acceptors (Lipinski definition) is 0. The Hall–Kier alpha value is -2.37. The molecule has 0 nitrogen and oxygen atoms in total. The zero-order valence-electron chi connectivity index (χ0n) is 17.6. The quantitative estimate of drug-likeness (QED) is 0.385. The third-order valence-corrected chi connectivity index (χ3v) is 14.4. The number of hydrogen-bond donors (Lipinski definition) is 0. The van der Waals surface area contributed by atoms with Crippen molar-refractivity contribution in [2.75, 3.05) is 0 Å². The van der Waals surface area contributed by atoms with Gasteiger partial charge in [0.25, 0.3) is 0 Å². The Morgan fingerprint density at radius 1 is 0.800 bits per heavy atom. The van der Waals surface area contributed by atoms with Crippen LogP contribution in [0.4, 0.5) is 0 Å². The van der Waals surface area contributed by atoms with Gasteiger partial charge in [-0.3, -0.25) is 0 Å². The van der Waals surface area contributed by atoms with Crippen molar-refractivity contribution in [3.63, 3.8) is 0 Å². The molecule has 2 aliphatic rings. The Balaban J connectivity index is 1.86. The fourth-order valence-corrected chi connectivity index (χ4v) is 13.8. The summed E-state index contributed by atoms with van der Waals surface area (Å²) < 4.78 is 3.89. The van der Waals surface area contributed by atoms with Crippen LogP contribution in [0.3, 0.4) is 0 Å². The van der Waals surface area contributed by atoms with Gasteiger partial charge >= 0.3 is 188 Å². The van der Waals surface area contributed by atoms with Gasteiger partial charge in [-0.25, -0.2) is 0 Å². The van der Waals surface area contributed by atoms with E-state index in [1.165, 1.54) is 33.4 Å². The molecule has 1 atom stereocenters. The molecule has 1 heteroatoms. The van der Waals surface area contributed by atoms with Crippen LogP contribution < -0.4 is 0 Å². The Kier molecular flexibility index (Phi) is 5.49. The van der Waals surface area contributed by atoms with E-state index in [9.17, 15) is 0 Å². The van der Waals surface area contributed by atoms with E-state index >= 15 is 0 Å². The van der Waals surface area contributed by atoms with Gasteiger partial charge in [0.15, 0.2) is 0 Å². The summed E-state index contributed by atoms with van der Waals surface area (Å²) in [4.78, 5) is 0. The van der Waals surface area contributed by atoms with Gasteiger partial charge in [0, 0.05) is 0 Å². The van der Waals surface area contributed by atoms with Gasteiger partial charge in [-0.05, 0) is 0 Å². The van der Waals surface area contributed by atoms with Crippen LogP contribution in [0.25, 0.3) is 6.08 Å². The molecule has 0 saturated carbocycles. The summed E-state index contributed by atoms with van der Waals surface area (Å²) in [6, 6.07) is 27.0. The second-order valence-corrected chi connectivity index (χ2v) is 14.6. The summed E-state index contributed by atoms with van der Waals surface area (Å²) in [6.45, 7) is 4.54. The number of allylic oxidation sites excluding steroid dienone is 5. The summed E-state index contributed by atoms with van der Waals surface area (Å²) in [5.74, 6) is 0. The Morgan fingerprint density at radius 2 is 1.43 bits per heavy atom. The Labute approximate surface area is 187 Å². The second kappa shape index (κ2) is 8.40. The molecule has 0 aromatic heterocycles. The van der Waals surface area contributed by atoms with E-state index in [0.717, 1.165) is 6.42 Å². The summed E-state index contributed by atoms with van der Waals surface area (Å²) in [6.07, 6.45) is 13.0. The number of benzene rings is 3. The fraction of sp³-hybridized carbons (Fsp3) is 0.138. The van der Waals surface area contributed by atoms with E-state index in [-0.39, 0.29) is 0 Å². The molecule has 146 valence electrons. The molecule has 3 aromatic carbocycles. The van der Waals surface area contributed by atoms with Gasteiger partial charge in [0.05, 0.1) is 0 Å². The molecule has 30 heavy (non-hydrogen) atoms. The molecular formula is C29H26Zr. The third kappa shape index (κ3) is 3.50. The second-order valence-electron chi connectivity index (χ2n) is 8.21. The first-order valence-electron chi connectivity index (χ1n) is 10.7. The molecule has 0 amide bonds. The zero-order valence-corrected chi connectivity index (χ0v) is 20.1. The van der Waals surface area contributed by atoms with Crippen LogP contribution in [0.1, 0.15) is 43.4 Å². The van der Waals surface area contributed by atoms with Gasteiger partial charge < -0.3 is 0 Å². The molecule has 0 aliphatic heterocycles. The van der Waals surface area contributed by atoms with Crippen molar-refractivity contribution in [2.45, 2.75) is 23.9 Å². The molecule has 3 aromatic rings. The van der Waals surface area contributed by atoms with E-state index in [1.54, 1.807) is 6.49 Å². The molecular weight excluding hydrogens is 440 g/mol. The molecule has 0 spiro atoms. The SMILES string of the molecule is Cc1ccccc1[C](c1ccccc1C)=[Zr]([C]1=CC=CC1)[CH]1C=Cc2ccccc21.